The van der Waals surface area contributed by atoms with Gasteiger partial charge in [-0.15, -0.1) is 38.0 Å². The lowest BCUT2D eigenvalue weighted by Crippen LogP contribution is -2.45. The number of piperazine rings is 1. The lowest BCUT2D eigenvalue weighted by Gasteiger charge is -2.36. The second-order valence-corrected chi connectivity index (χ2v) is 6.63. The molecule has 0 aromatic heterocycles. The van der Waals surface area contributed by atoms with Crippen molar-refractivity contribution >= 4 is 36.4 Å². The summed E-state index contributed by atoms with van der Waals surface area (Å²) in [6, 6.07) is 11.1. The number of alkyl halides is 3. The summed E-state index contributed by atoms with van der Waals surface area (Å²) in [5.74, 6) is 0.432. The molecule has 0 radical (unpaired) electrons. The first-order chi connectivity index (χ1) is 12.9. The number of nitrogens with one attached hydrogen (secondary N) is 1. The third kappa shape index (κ3) is 6.83. The van der Waals surface area contributed by atoms with Crippen LogP contribution in [0, 0.1) is 0 Å². The van der Waals surface area contributed by atoms with E-state index in [1.165, 1.54) is 12.1 Å². The van der Waals surface area contributed by atoms with E-state index in [1.807, 2.05) is 6.07 Å². The molecule has 2 aromatic rings. The largest absolute Gasteiger partial charge is 0.573 e. The minimum atomic E-state index is -4.71. The molecule has 0 saturated carbocycles. The van der Waals surface area contributed by atoms with Crippen LogP contribution < -0.4 is 14.8 Å². The highest BCUT2D eigenvalue weighted by Gasteiger charge is 2.31. The molecule has 10 heteroatoms. The van der Waals surface area contributed by atoms with Crippen molar-refractivity contribution < 1.29 is 22.6 Å². The Morgan fingerprint density at radius 3 is 2.21 bits per heavy atom. The van der Waals surface area contributed by atoms with Crippen LogP contribution in [0.4, 0.5) is 13.2 Å². The Morgan fingerprint density at radius 2 is 1.66 bits per heavy atom. The van der Waals surface area contributed by atoms with E-state index >= 15 is 0 Å². The van der Waals surface area contributed by atoms with Crippen LogP contribution in [0.5, 0.6) is 11.5 Å². The van der Waals surface area contributed by atoms with Gasteiger partial charge in [-0.1, -0.05) is 23.7 Å². The van der Waals surface area contributed by atoms with Gasteiger partial charge in [0.2, 0.25) is 0 Å². The van der Waals surface area contributed by atoms with Crippen LogP contribution in [0.2, 0.25) is 5.02 Å². The van der Waals surface area contributed by atoms with E-state index in [-0.39, 0.29) is 36.6 Å². The Morgan fingerprint density at radius 1 is 1.03 bits per heavy atom. The average Bonchev–Trinajstić information content (AvgIpc) is 2.63. The number of rotatable bonds is 5. The zero-order chi connectivity index (χ0) is 19.4. The van der Waals surface area contributed by atoms with Crippen molar-refractivity contribution in [3.63, 3.8) is 0 Å². The molecular formula is C19H22Cl3F3N2O2. The second-order valence-electron chi connectivity index (χ2n) is 6.19. The fraction of sp³-hybridized carbons (Fsp3) is 0.368. The van der Waals surface area contributed by atoms with Crippen molar-refractivity contribution in [1.82, 2.24) is 10.2 Å². The molecule has 1 atom stereocenters. The highest BCUT2D eigenvalue weighted by atomic mass is 35.5. The van der Waals surface area contributed by atoms with Crippen LogP contribution in [0.1, 0.15) is 17.2 Å². The van der Waals surface area contributed by atoms with Gasteiger partial charge >= 0.3 is 6.36 Å². The van der Waals surface area contributed by atoms with E-state index in [9.17, 15) is 13.2 Å². The van der Waals surface area contributed by atoms with Gasteiger partial charge in [0, 0.05) is 36.8 Å². The van der Waals surface area contributed by atoms with Crippen molar-refractivity contribution in [1.29, 1.82) is 0 Å². The van der Waals surface area contributed by atoms with Crippen molar-refractivity contribution in [3.05, 3.63) is 58.6 Å². The Labute approximate surface area is 185 Å². The van der Waals surface area contributed by atoms with Crippen LogP contribution in [0.15, 0.2) is 42.5 Å². The third-order valence-electron chi connectivity index (χ3n) is 4.43. The summed E-state index contributed by atoms with van der Waals surface area (Å²) >= 11 is 6.21. The predicted octanol–water partition coefficient (Wildman–Crippen LogP) is 5.09. The highest BCUT2D eigenvalue weighted by Crippen LogP contribution is 2.37. The zero-order valence-corrected chi connectivity index (χ0v) is 17.9. The number of halogens is 6. The molecular weight excluding hydrogens is 452 g/mol. The molecule has 0 spiro atoms. The summed E-state index contributed by atoms with van der Waals surface area (Å²) in [6.45, 7) is 3.24. The Hall–Kier alpha value is -1.38. The number of ether oxygens (including phenoxy) is 2. The van der Waals surface area contributed by atoms with E-state index in [2.05, 4.69) is 15.0 Å². The van der Waals surface area contributed by atoms with Gasteiger partial charge in [-0.3, -0.25) is 4.90 Å². The van der Waals surface area contributed by atoms with Gasteiger partial charge in [0.05, 0.1) is 13.2 Å². The number of benzene rings is 2. The second kappa shape index (κ2) is 11.1. The lowest BCUT2D eigenvalue weighted by atomic mass is 9.95. The van der Waals surface area contributed by atoms with Crippen molar-refractivity contribution in [2.75, 3.05) is 33.3 Å². The fourth-order valence-electron chi connectivity index (χ4n) is 3.30. The summed E-state index contributed by atoms with van der Waals surface area (Å²) in [4.78, 5) is 2.25. The van der Waals surface area contributed by atoms with Crippen LogP contribution in [0.3, 0.4) is 0 Å². The quantitative estimate of drug-likeness (QED) is 0.656. The first-order valence-electron chi connectivity index (χ1n) is 8.51. The molecule has 29 heavy (non-hydrogen) atoms. The van der Waals surface area contributed by atoms with Crippen LogP contribution >= 0.6 is 36.4 Å². The molecule has 4 nitrogen and oxygen atoms in total. The first kappa shape index (κ1) is 25.7. The Balaban J connectivity index is 0.00000210. The molecule has 1 aliphatic heterocycles. The standard InChI is InChI=1S/C19H20ClF3N2O2.2ClH/c1-26-17-7-4-14(20)12-16(17)18(25-10-8-24-9-11-25)13-2-5-15(6-3-13)27-19(21,22)23;;/h2-7,12,18,24H,8-11H2,1H3;2*1H/t18-;;/m0../s1. The number of hydrogen-bond donors (Lipinski definition) is 1. The molecule has 1 saturated heterocycles. The van der Waals surface area contributed by atoms with Gasteiger partial charge in [-0.25, -0.2) is 0 Å². The molecule has 2 aromatic carbocycles. The van der Waals surface area contributed by atoms with Gasteiger partial charge in [-0.2, -0.15) is 0 Å². The molecule has 0 amide bonds. The molecule has 1 N–H and O–H groups in total. The zero-order valence-electron chi connectivity index (χ0n) is 15.5. The highest BCUT2D eigenvalue weighted by molar-refractivity contribution is 6.30. The first-order valence-corrected chi connectivity index (χ1v) is 8.89. The van der Waals surface area contributed by atoms with Gasteiger partial charge in [-0.05, 0) is 35.9 Å². The maximum atomic E-state index is 12.4. The third-order valence-corrected chi connectivity index (χ3v) is 4.67. The number of hydrogen-bond acceptors (Lipinski definition) is 4. The molecule has 1 aliphatic rings. The fourth-order valence-corrected chi connectivity index (χ4v) is 3.48. The SMILES string of the molecule is COc1ccc(Cl)cc1[C@H](c1ccc(OC(F)(F)F)cc1)N1CCNCC1.Cl.Cl. The lowest BCUT2D eigenvalue weighted by molar-refractivity contribution is -0.274. The Kier molecular flexibility index (Phi) is 9.85. The van der Waals surface area contributed by atoms with E-state index in [4.69, 9.17) is 16.3 Å². The number of methoxy groups -OCH3 is 1. The van der Waals surface area contributed by atoms with Crippen LogP contribution in [-0.2, 0) is 0 Å². The van der Waals surface area contributed by atoms with Crippen molar-refractivity contribution in [2.45, 2.75) is 12.4 Å². The molecule has 0 bridgehead atoms. The van der Waals surface area contributed by atoms with Gasteiger partial charge < -0.3 is 14.8 Å². The van der Waals surface area contributed by atoms with Crippen molar-refractivity contribution in [2.24, 2.45) is 0 Å². The van der Waals surface area contributed by atoms with Gasteiger partial charge in [0.25, 0.3) is 0 Å². The molecule has 1 heterocycles. The van der Waals surface area contributed by atoms with Gasteiger partial charge in [0.15, 0.2) is 0 Å². The maximum absolute atomic E-state index is 12.4. The topological polar surface area (TPSA) is 33.7 Å². The van der Waals surface area contributed by atoms with Crippen LogP contribution in [-0.4, -0.2) is 44.6 Å². The van der Waals surface area contributed by atoms with E-state index < -0.39 is 6.36 Å². The van der Waals surface area contributed by atoms with E-state index in [0.717, 1.165) is 37.3 Å². The van der Waals surface area contributed by atoms with E-state index in [0.29, 0.717) is 10.8 Å². The van der Waals surface area contributed by atoms with Gasteiger partial charge in [0.1, 0.15) is 11.5 Å². The Bertz CT molecular complexity index is 770. The summed E-state index contributed by atoms with van der Waals surface area (Å²) in [5.41, 5.74) is 1.71. The van der Waals surface area contributed by atoms with E-state index in [1.54, 1.807) is 31.4 Å². The molecule has 162 valence electrons. The average molecular weight is 474 g/mol. The summed E-state index contributed by atoms with van der Waals surface area (Å²) < 4.78 is 46.8. The predicted molar refractivity (Wildman–Crippen MR) is 112 cm³/mol. The molecule has 3 rings (SSSR count). The monoisotopic (exact) mass is 472 g/mol. The summed E-state index contributed by atoms with van der Waals surface area (Å²) in [6.07, 6.45) is -4.71. The minimum absolute atomic E-state index is 0. The smallest absolute Gasteiger partial charge is 0.496 e. The molecule has 0 unspecified atom stereocenters. The summed E-state index contributed by atoms with van der Waals surface area (Å²) in [5, 5.41) is 3.88. The van der Waals surface area contributed by atoms with Crippen LogP contribution in [0.25, 0.3) is 0 Å². The molecule has 1 fully saturated rings. The minimum Gasteiger partial charge on any atom is -0.496 e. The normalized spacial score (nSPS) is 15.6. The van der Waals surface area contributed by atoms with Crippen molar-refractivity contribution in [3.8, 4) is 11.5 Å². The maximum Gasteiger partial charge on any atom is 0.573 e. The molecule has 0 aliphatic carbocycles. The number of nitrogens with zero attached hydrogens (tertiary/aromatic N) is 1. The summed E-state index contributed by atoms with van der Waals surface area (Å²) in [7, 11) is 1.59.